The molecule has 0 saturated carbocycles. The molecule has 0 unspecified atom stereocenters. The highest BCUT2D eigenvalue weighted by Crippen LogP contribution is 2.27. The van der Waals surface area contributed by atoms with Crippen LogP contribution >= 0.6 is 0 Å². The van der Waals surface area contributed by atoms with E-state index < -0.39 is 12.0 Å². The molecule has 1 atom stereocenters. The summed E-state index contributed by atoms with van der Waals surface area (Å²) in [7, 11) is 0. The van der Waals surface area contributed by atoms with E-state index in [9.17, 15) is 15.0 Å². The molecule has 0 aliphatic heterocycles. The van der Waals surface area contributed by atoms with Gasteiger partial charge in [0.1, 0.15) is 5.75 Å². The van der Waals surface area contributed by atoms with Crippen molar-refractivity contribution in [2.75, 3.05) is 0 Å². The minimum absolute atomic E-state index is 0.0923. The molecule has 3 N–H and O–H groups in total. The molecule has 0 aliphatic rings. The maximum atomic E-state index is 11.9. The van der Waals surface area contributed by atoms with Gasteiger partial charge < -0.3 is 10.2 Å². The van der Waals surface area contributed by atoms with E-state index in [1.54, 1.807) is 42.5 Å². The minimum Gasteiger partial charge on any atom is -0.507 e. The van der Waals surface area contributed by atoms with Crippen LogP contribution in [-0.4, -0.2) is 22.3 Å². The number of benzene rings is 3. The number of phenolic OH excluding ortho intramolecular Hbond substituents is 1. The molecule has 5 heteroatoms. The fraction of sp³-hybridized carbons (Fsp3) is 0.0526. The van der Waals surface area contributed by atoms with Crippen molar-refractivity contribution in [3.63, 3.8) is 0 Å². The molecule has 0 fully saturated rings. The predicted octanol–water partition coefficient (Wildman–Crippen LogP) is 2.73. The molecule has 0 bridgehead atoms. The summed E-state index contributed by atoms with van der Waals surface area (Å²) in [5, 5.41) is 25.6. The van der Waals surface area contributed by atoms with Crippen molar-refractivity contribution < 1.29 is 15.0 Å². The lowest BCUT2D eigenvalue weighted by atomic mass is 10.1. The van der Waals surface area contributed by atoms with Gasteiger partial charge >= 0.3 is 0 Å². The number of hydrogen-bond donors (Lipinski definition) is 3. The standard InChI is InChI=1S/C19H16N2O3/c22-17-15(11-10-13-6-4-5-9-16(13)17)12-20-21-19(24)18(23)14-7-2-1-3-8-14/h1-12,18,22-23H,(H,21,24)/b20-12-/t18-/m1/s1. The molecule has 1 amide bonds. The van der Waals surface area contributed by atoms with Crippen LogP contribution in [0.25, 0.3) is 10.8 Å². The largest absolute Gasteiger partial charge is 0.507 e. The molecule has 0 aromatic heterocycles. The molecule has 3 aromatic carbocycles. The van der Waals surface area contributed by atoms with Crippen molar-refractivity contribution in [3.05, 3.63) is 77.9 Å². The van der Waals surface area contributed by atoms with Crippen LogP contribution in [-0.2, 0) is 4.79 Å². The molecule has 5 nitrogen and oxygen atoms in total. The fourth-order valence-corrected chi connectivity index (χ4v) is 2.39. The Bertz CT molecular complexity index is 892. The van der Waals surface area contributed by atoms with Gasteiger partial charge in [-0.2, -0.15) is 5.10 Å². The molecule has 120 valence electrons. The highest BCUT2D eigenvalue weighted by Gasteiger charge is 2.16. The smallest absolute Gasteiger partial charge is 0.273 e. The van der Waals surface area contributed by atoms with Gasteiger partial charge in [0, 0.05) is 10.9 Å². The van der Waals surface area contributed by atoms with Gasteiger partial charge in [-0.05, 0) is 17.0 Å². The summed E-state index contributed by atoms with van der Waals surface area (Å²) in [6.45, 7) is 0. The Kier molecular flexibility index (Phi) is 4.54. The number of nitrogens with zero attached hydrogens (tertiary/aromatic N) is 1. The number of fused-ring (bicyclic) bond motifs is 1. The van der Waals surface area contributed by atoms with Crippen LogP contribution in [0.3, 0.4) is 0 Å². The first kappa shape index (κ1) is 15.7. The Morgan fingerprint density at radius 1 is 1.00 bits per heavy atom. The average Bonchev–Trinajstić information content (AvgIpc) is 2.64. The zero-order chi connectivity index (χ0) is 16.9. The van der Waals surface area contributed by atoms with Crippen LogP contribution < -0.4 is 5.43 Å². The minimum atomic E-state index is -1.30. The summed E-state index contributed by atoms with van der Waals surface area (Å²) in [4.78, 5) is 11.9. The molecular weight excluding hydrogens is 304 g/mol. The second-order valence-corrected chi connectivity index (χ2v) is 5.27. The van der Waals surface area contributed by atoms with E-state index in [4.69, 9.17) is 0 Å². The third-order valence-electron chi connectivity index (χ3n) is 3.67. The van der Waals surface area contributed by atoms with Crippen molar-refractivity contribution in [3.8, 4) is 5.75 Å². The van der Waals surface area contributed by atoms with Gasteiger partial charge in [0.05, 0.1) is 6.21 Å². The maximum absolute atomic E-state index is 11.9. The number of rotatable bonds is 4. The lowest BCUT2D eigenvalue weighted by Gasteiger charge is -2.08. The van der Waals surface area contributed by atoms with E-state index in [2.05, 4.69) is 10.5 Å². The second kappa shape index (κ2) is 6.93. The highest BCUT2D eigenvalue weighted by atomic mass is 16.3. The molecule has 0 spiro atoms. The molecule has 0 radical (unpaired) electrons. The fourth-order valence-electron chi connectivity index (χ4n) is 2.39. The number of phenols is 1. The quantitative estimate of drug-likeness (QED) is 0.510. The summed E-state index contributed by atoms with van der Waals surface area (Å²) < 4.78 is 0. The van der Waals surface area contributed by atoms with E-state index in [-0.39, 0.29) is 5.75 Å². The molecule has 3 rings (SSSR count). The van der Waals surface area contributed by atoms with E-state index in [0.717, 1.165) is 5.39 Å². The summed E-state index contributed by atoms with van der Waals surface area (Å²) in [6.07, 6.45) is 0.0470. The Balaban J connectivity index is 1.72. The highest BCUT2D eigenvalue weighted by molar-refractivity contribution is 5.97. The van der Waals surface area contributed by atoms with Gasteiger partial charge in [-0.25, -0.2) is 5.43 Å². The van der Waals surface area contributed by atoms with Crippen molar-refractivity contribution in [1.82, 2.24) is 5.43 Å². The topological polar surface area (TPSA) is 81.9 Å². The molecule has 3 aromatic rings. The summed E-state index contributed by atoms with van der Waals surface area (Å²) in [6, 6.07) is 19.6. The zero-order valence-corrected chi connectivity index (χ0v) is 12.8. The predicted molar refractivity (Wildman–Crippen MR) is 92.8 cm³/mol. The lowest BCUT2D eigenvalue weighted by molar-refractivity contribution is -0.129. The van der Waals surface area contributed by atoms with Crippen molar-refractivity contribution in [1.29, 1.82) is 0 Å². The van der Waals surface area contributed by atoms with E-state index >= 15 is 0 Å². The molecular formula is C19H16N2O3. The first-order chi connectivity index (χ1) is 11.7. The van der Waals surface area contributed by atoms with Crippen LogP contribution in [0.4, 0.5) is 0 Å². The van der Waals surface area contributed by atoms with Gasteiger partial charge in [-0.15, -0.1) is 0 Å². The average molecular weight is 320 g/mol. The van der Waals surface area contributed by atoms with Gasteiger partial charge in [-0.3, -0.25) is 4.79 Å². The number of carbonyl (C=O) groups is 1. The molecule has 0 aliphatic carbocycles. The Morgan fingerprint density at radius 3 is 2.50 bits per heavy atom. The number of amides is 1. The van der Waals surface area contributed by atoms with Crippen LogP contribution in [0.1, 0.15) is 17.2 Å². The Hall–Kier alpha value is -3.18. The summed E-state index contributed by atoms with van der Waals surface area (Å²) >= 11 is 0. The third-order valence-corrected chi connectivity index (χ3v) is 3.67. The lowest BCUT2D eigenvalue weighted by Crippen LogP contribution is -2.25. The van der Waals surface area contributed by atoms with Crippen LogP contribution in [0.5, 0.6) is 5.75 Å². The summed E-state index contributed by atoms with van der Waals surface area (Å²) in [5.41, 5.74) is 3.23. The first-order valence-electron chi connectivity index (χ1n) is 7.43. The van der Waals surface area contributed by atoms with Gasteiger partial charge in [0.2, 0.25) is 0 Å². The van der Waals surface area contributed by atoms with Crippen molar-refractivity contribution >= 4 is 22.9 Å². The van der Waals surface area contributed by atoms with Crippen LogP contribution in [0.15, 0.2) is 71.8 Å². The summed E-state index contributed by atoms with van der Waals surface area (Å²) in [5.74, 6) is -0.549. The number of aromatic hydroxyl groups is 1. The van der Waals surface area contributed by atoms with Crippen LogP contribution in [0, 0.1) is 0 Å². The van der Waals surface area contributed by atoms with E-state index in [1.807, 2.05) is 24.3 Å². The Morgan fingerprint density at radius 2 is 1.71 bits per heavy atom. The third kappa shape index (κ3) is 3.26. The zero-order valence-electron chi connectivity index (χ0n) is 12.8. The van der Waals surface area contributed by atoms with Gasteiger partial charge in [0.15, 0.2) is 6.10 Å². The Labute approximate surface area is 138 Å². The van der Waals surface area contributed by atoms with E-state index in [1.165, 1.54) is 6.21 Å². The monoisotopic (exact) mass is 320 g/mol. The SMILES string of the molecule is O=C(N/N=C\c1ccc2ccccc2c1O)[C@H](O)c1ccccc1. The number of hydrogen-bond acceptors (Lipinski definition) is 4. The normalized spacial score (nSPS) is 12.4. The van der Waals surface area contributed by atoms with Crippen molar-refractivity contribution in [2.45, 2.75) is 6.10 Å². The van der Waals surface area contributed by atoms with E-state index in [0.29, 0.717) is 16.5 Å². The molecule has 24 heavy (non-hydrogen) atoms. The van der Waals surface area contributed by atoms with Gasteiger partial charge in [0.25, 0.3) is 5.91 Å². The number of aliphatic hydroxyl groups excluding tert-OH is 1. The maximum Gasteiger partial charge on any atom is 0.273 e. The number of nitrogens with one attached hydrogen (secondary N) is 1. The second-order valence-electron chi connectivity index (χ2n) is 5.27. The number of hydrazone groups is 1. The van der Waals surface area contributed by atoms with Crippen molar-refractivity contribution in [2.24, 2.45) is 5.10 Å². The van der Waals surface area contributed by atoms with Crippen LogP contribution in [0.2, 0.25) is 0 Å². The van der Waals surface area contributed by atoms with Gasteiger partial charge in [-0.1, -0.05) is 60.7 Å². The molecule has 0 heterocycles. The first-order valence-corrected chi connectivity index (χ1v) is 7.43. The number of aliphatic hydroxyl groups is 1. The number of carbonyl (C=O) groups excluding carboxylic acids is 1. The molecule has 0 saturated heterocycles.